The summed E-state index contributed by atoms with van der Waals surface area (Å²) in [7, 11) is 1.54. The summed E-state index contributed by atoms with van der Waals surface area (Å²) in [6.45, 7) is 7.79. The van der Waals surface area contributed by atoms with Crippen LogP contribution in [-0.4, -0.2) is 113 Å². The molecule has 15 nitrogen and oxygen atoms in total. The lowest BCUT2D eigenvalue weighted by atomic mass is 9.77. The number of benzene rings is 4. The first-order valence-electron chi connectivity index (χ1n) is 25.3. The van der Waals surface area contributed by atoms with Crippen molar-refractivity contribution < 1.29 is 51.3 Å². The molecule has 4 heterocycles. The second-order valence-corrected chi connectivity index (χ2v) is 20.5. The molecule has 1 aliphatic carbocycles. The van der Waals surface area contributed by atoms with Gasteiger partial charge in [0.05, 0.1) is 22.6 Å². The Balaban J connectivity index is 0.841. The number of amides is 5. The molecule has 3 fully saturated rings. The molecule has 4 aromatic carbocycles. The molecule has 1 saturated carbocycles. The van der Waals surface area contributed by atoms with Gasteiger partial charge in [-0.25, -0.2) is 22.4 Å². The van der Waals surface area contributed by atoms with E-state index in [4.69, 9.17) is 26.8 Å². The number of aromatic nitrogens is 2. The van der Waals surface area contributed by atoms with Crippen molar-refractivity contribution in [3.63, 3.8) is 0 Å². The third kappa shape index (κ3) is 9.79. The number of primary amides is 1. The van der Waals surface area contributed by atoms with Crippen molar-refractivity contribution in [1.29, 1.82) is 0 Å². The molecule has 0 bridgehead atoms. The number of aliphatic hydroxyl groups is 1. The average Bonchev–Trinajstić information content (AvgIpc) is 3.86. The number of fused-ring (bicyclic) bond motifs is 2. The molecule has 9 rings (SSSR count). The van der Waals surface area contributed by atoms with E-state index in [9.17, 15) is 24.3 Å². The number of likely N-dealkylation sites (tertiary alicyclic amines) is 1. The van der Waals surface area contributed by atoms with Crippen LogP contribution in [0.25, 0.3) is 22.0 Å². The summed E-state index contributed by atoms with van der Waals surface area (Å²) in [6.07, 6.45) is 3.71. The lowest BCUT2D eigenvalue weighted by Crippen LogP contribution is -2.49. The van der Waals surface area contributed by atoms with Gasteiger partial charge in [-0.2, -0.15) is 5.10 Å². The fraction of sp³-hybridized carbons (Fsp3) is 0.463. The first-order chi connectivity index (χ1) is 35.4. The smallest absolute Gasteiger partial charge is 0.329 e. The molecule has 5 N–H and O–H groups in total. The molecule has 5 aromatic rings. The Hall–Kier alpha value is -6.28. The van der Waals surface area contributed by atoms with Crippen molar-refractivity contribution in [2.45, 2.75) is 95.2 Å². The zero-order valence-electron chi connectivity index (χ0n) is 41.8. The van der Waals surface area contributed by atoms with E-state index >= 15 is 17.6 Å². The van der Waals surface area contributed by atoms with Gasteiger partial charge in [0, 0.05) is 91.9 Å². The van der Waals surface area contributed by atoms with E-state index in [1.807, 2.05) is 56.0 Å². The molecule has 394 valence electrons. The van der Waals surface area contributed by atoms with E-state index in [1.165, 1.54) is 33.8 Å². The maximum atomic E-state index is 16.5. The molecular weight excluding hydrogens is 984 g/mol. The number of urea groups is 1. The molecule has 2 saturated heterocycles. The quantitative estimate of drug-likeness (QED) is 0.0706. The van der Waals surface area contributed by atoms with Crippen LogP contribution in [0.15, 0.2) is 54.6 Å². The molecule has 3 aliphatic heterocycles. The molecule has 1 aromatic heterocycles. The van der Waals surface area contributed by atoms with E-state index in [1.54, 1.807) is 7.05 Å². The minimum atomic E-state index is -1.16. The fourth-order valence-electron chi connectivity index (χ4n) is 11.6. The number of piperidine rings is 1. The van der Waals surface area contributed by atoms with Crippen molar-refractivity contribution in [2.75, 3.05) is 57.4 Å². The van der Waals surface area contributed by atoms with E-state index in [-0.39, 0.29) is 106 Å². The van der Waals surface area contributed by atoms with Crippen molar-refractivity contribution in [1.82, 2.24) is 30.2 Å². The Morgan fingerprint density at radius 1 is 0.973 bits per heavy atom. The zero-order valence-corrected chi connectivity index (χ0v) is 42.5. The van der Waals surface area contributed by atoms with Crippen LogP contribution in [0, 0.1) is 29.2 Å². The van der Waals surface area contributed by atoms with E-state index in [0.29, 0.717) is 70.3 Å². The molecule has 4 aliphatic rings. The predicted octanol–water partition coefficient (Wildman–Crippen LogP) is 8.02. The number of carbonyl (C=O) groups excluding carboxylic acids is 4. The SMILES string of the molecule is CC(C)N(CCN1CCC(c2c(F)cc3c(N4CCC(=O)NC4=O)nn(C)c3c2F)CC1)C(=O)C1CCC(NC[C@]2(c3ccccc3)Oc3cc(F)c(Cl)c(-c4c(C(N)=O)ccc(OCCO)c4F)c3[C@@H]2C)CC1. The number of hydrogen-bond acceptors (Lipinski definition) is 10. The van der Waals surface area contributed by atoms with Gasteiger partial charge in [0.1, 0.15) is 29.5 Å². The van der Waals surface area contributed by atoms with Crippen molar-refractivity contribution in [3.05, 3.63) is 105 Å². The molecule has 74 heavy (non-hydrogen) atoms. The number of carbonyl (C=O) groups is 4. The second kappa shape index (κ2) is 21.5. The first-order valence-corrected chi connectivity index (χ1v) is 25.7. The summed E-state index contributed by atoms with van der Waals surface area (Å²) in [5.74, 6) is -5.87. The van der Waals surface area contributed by atoms with E-state index < -0.39 is 64.3 Å². The molecule has 0 radical (unpaired) electrons. The Bertz CT molecular complexity index is 2980. The zero-order chi connectivity index (χ0) is 52.7. The van der Waals surface area contributed by atoms with Gasteiger partial charge in [0.2, 0.25) is 17.7 Å². The number of hydrogen-bond donors (Lipinski definition) is 4. The molecular formula is C54H61ClF4N8O7. The van der Waals surface area contributed by atoms with Crippen LogP contribution in [0.3, 0.4) is 0 Å². The van der Waals surface area contributed by atoms with Crippen LogP contribution in [0.1, 0.15) is 105 Å². The fourth-order valence-corrected chi connectivity index (χ4v) is 11.8. The van der Waals surface area contributed by atoms with Gasteiger partial charge >= 0.3 is 6.03 Å². The van der Waals surface area contributed by atoms with Gasteiger partial charge in [0.15, 0.2) is 28.8 Å². The average molecular weight is 1050 g/mol. The van der Waals surface area contributed by atoms with Crippen LogP contribution in [0.4, 0.5) is 28.2 Å². The van der Waals surface area contributed by atoms with Gasteiger partial charge in [-0.15, -0.1) is 0 Å². The Morgan fingerprint density at radius 3 is 2.35 bits per heavy atom. The highest BCUT2D eigenvalue weighted by molar-refractivity contribution is 6.34. The van der Waals surface area contributed by atoms with Crippen LogP contribution >= 0.6 is 11.6 Å². The number of rotatable bonds is 16. The number of anilines is 1. The predicted molar refractivity (Wildman–Crippen MR) is 270 cm³/mol. The van der Waals surface area contributed by atoms with Crippen molar-refractivity contribution >= 4 is 52.1 Å². The molecule has 0 spiro atoms. The lowest BCUT2D eigenvalue weighted by Gasteiger charge is -2.39. The maximum Gasteiger partial charge on any atom is 0.329 e. The summed E-state index contributed by atoms with van der Waals surface area (Å²) in [5, 5.41) is 19.4. The highest BCUT2D eigenvalue weighted by Crippen LogP contribution is 2.56. The van der Waals surface area contributed by atoms with Gasteiger partial charge in [-0.3, -0.25) is 29.3 Å². The number of aliphatic hydroxyl groups excluding tert-OH is 1. The van der Waals surface area contributed by atoms with Crippen LogP contribution in [-0.2, 0) is 22.2 Å². The van der Waals surface area contributed by atoms with Gasteiger partial charge in [-0.05, 0) is 95.1 Å². The number of nitrogens with one attached hydrogen (secondary N) is 2. The number of nitrogens with zero attached hydrogens (tertiary/aromatic N) is 5. The second-order valence-electron chi connectivity index (χ2n) is 20.1. The minimum absolute atomic E-state index is 0.00492. The minimum Gasteiger partial charge on any atom is -0.488 e. The number of ether oxygens (including phenoxy) is 2. The first kappa shape index (κ1) is 52.6. The van der Waals surface area contributed by atoms with E-state index in [2.05, 4.69) is 20.6 Å². The normalized spacial score (nSPS) is 21.5. The number of aryl methyl sites for hydroxylation is 1. The molecule has 0 unspecified atom stereocenters. The summed E-state index contributed by atoms with van der Waals surface area (Å²) in [4.78, 5) is 56.7. The van der Waals surface area contributed by atoms with Crippen LogP contribution in [0.5, 0.6) is 11.5 Å². The topological polar surface area (TPSA) is 185 Å². The number of imide groups is 1. The van der Waals surface area contributed by atoms with Gasteiger partial charge in [0.25, 0.3) is 0 Å². The Kier molecular flexibility index (Phi) is 15.3. The van der Waals surface area contributed by atoms with Crippen LogP contribution in [0.2, 0.25) is 5.02 Å². The van der Waals surface area contributed by atoms with Crippen molar-refractivity contribution in [3.8, 4) is 22.6 Å². The molecule has 5 amide bonds. The summed E-state index contributed by atoms with van der Waals surface area (Å²) >= 11 is 6.72. The highest BCUT2D eigenvalue weighted by Gasteiger charge is 2.50. The Morgan fingerprint density at radius 2 is 1.69 bits per heavy atom. The van der Waals surface area contributed by atoms with Crippen LogP contribution < -0.4 is 30.7 Å². The maximum absolute atomic E-state index is 16.5. The lowest BCUT2D eigenvalue weighted by molar-refractivity contribution is -0.138. The molecule has 20 heteroatoms. The van der Waals surface area contributed by atoms with E-state index in [0.717, 1.165) is 5.56 Å². The highest BCUT2D eigenvalue weighted by atomic mass is 35.5. The largest absolute Gasteiger partial charge is 0.488 e. The van der Waals surface area contributed by atoms with Gasteiger partial charge < -0.3 is 35.4 Å². The standard InChI is InChI=1S/C54H61ClF4N8O7/c1-29(2)66(23-22-65-19-16-31(17-20-65)43-37(56)26-36-49(48(43)59)64(4)63-51(36)67-21-18-41(69)62-53(67)72)52(71)32-10-12-34(13-11-32)61-28-54(33-8-6-5-7-9-33)30(3)42-40(74-54)27-38(57)46(55)45(42)44-35(50(60)70)14-15-39(47(44)58)73-25-24-68/h5-9,14-15,26-27,29-32,34,61,68H,10-13,16-25,28H2,1-4H3,(H2,60,70)(H,62,69,72)/t30-,32?,34?,54-/m0/s1. The summed E-state index contributed by atoms with van der Waals surface area (Å²) < 4.78 is 78.1. The Labute approximate surface area is 431 Å². The third-order valence-corrected chi connectivity index (χ3v) is 15.9. The summed E-state index contributed by atoms with van der Waals surface area (Å²) in [6, 6.07) is 13.6. The van der Waals surface area contributed by atoms with Crippen molar-refractivity contribution in [2.24, 2.45) is 18.7 Å². The number of halogens is 5. The monoisotopic (exact) mass is 1040 g/mol. The summed E-state index contributed by atoms with van der Waals surface area (Å²) in [5.41, 5.74) is 5.17. The third-order valence-electron chi connectivity index (χ3n) is 15.5. The number of nitrogens with two attached hydrogens (primary N) is 1. The van der Waals surface area contributed by atoms with Gasteiger partial charge in [-0.1, -0.05) is 48.9 Å². The molecule has 2 atom stereocenters.